The highest BCUT2D eigenvalue weighted by molar-refractivity contribution is 8.03. The van der Waals surface area contributed by atoms with E-state index in [1.165, 1.54) is 18.2 Å². The van der Waals surface area contributed by atoms with Gasteiger partial charge in [0.2, 0.25) is 11.8 Å². The van der Waals surface area contributed by atoms with Gasteiger partial charge in [-0.2, -0.15) is 5.26 Å². The van der Waals surface area contributed by atoms with E-state index >= 15 is 0 Å². The van der Waals surface area contributed by atoms with Crippen molar-refractivity contribution in [1.82, 2.24) is 5.32 Å². The maximum Gasteiger partial charge on any atom is 0.319 e. The Bertz CT molecular complexity index is 1100. The molecule has 2 aromatic carbocycles. The first-order chi connectivity index (χ1) is 15.5. The zero-order chi connectivity index (χ0) is 23.1. The lowest BCUT2D eigenvalue weighted by Gasteiger charge is -2.31. The summed E-state index contributed by atoms with van der Waals surface area (Å²) in [6.07, 6.45) is 0. The largest absolute Gasteiger partial charge is 0.465 e. The highest BCUT2D eigenvalue weighted by Crippen LogP contribution is 2.41. The van der Waals surface area contributed by atoms with Gasteiger partial charge in [-0.1, -0.05) is 48.2 Å². The van der Waals surface area contributed by atoms with Gasteiger partial charge in [-0.25, -0.2) is 4.39 Å². The molecule has 1 heterocycles. The second-order valence-electron chi connectivity index (χ2n) is 6.78. The first kappa shape index (κ1) is 23.0. The molecule has 0 bridgehead atoms. The number of esters is 1. The molecule has 0 unspecified atom stereocenters. The SMILES string of the molecule is CCOC(=O)[C@H]1C(=O)NC(SCC(=O)Nc2ccccc2)=C(C#N)[C@@H]1c1ccccc1F. The Labute approximate surface area is 188 Å². The summed E-state index contributed by atoms with van der Waals surface area (Å²) in [5.41, 5.74) is 0.626. The standard InChI is InChI=1S/C23H20FN3O4S/c1-2-31-23(30)20-19(15-10-6-7-11-17(15)24)16(12-25)22(27-21(20)29)32-13-18(28)26-14-8-4-3-5-9-14/h3-11,19-20H,2,13H2,1H3,(H,26,28)(H,27,29)/t19-,20+/m0/s1. The number of ether oxygens (including phenoxy) is 1. The highest BCUT2D eigenvalue weighted by Gasteiger charge is 2.45. The zero-order valence-electron chi connectivity index (χ0n) is 17.1. The van der Waals surface area contributed by atoms with E-state index in [-0.39, 0.29) is 34.4 Å². The van der Waals surface area contributed by atoms with Gasteiger partial charge in [-0.15, -0.1) is 0 Å². The van der Waals surface area contributed by atoms with Gasteiger partial charge in [0.1, 0.15) is 11.7 Å². The minimum atomic E-state index is -1.43. The summed E-state index contributed by atoms with van der Waals surface area (Å²) in [6, 6.07) is 16.4. The van der Waals surface area contributed by atoms with Crippen LogP contribution in [0.2, 0.25) is 0 Å². The molecule has 2 atom stereocenters. The third-order valence-electron chi connectivity index (χ3n) is 4.71. The molecule has 1 aliphatic heterocycles. The Morgan fingerprint density at radius 2 is 1.88 bits per heavy atom. The predicted molar refractivity (Wildman–Crippen MR) is 118 cm³/mol. The molecule has 0 saturated heterocycles. The first-order valence-corrected chi connectivity index (χ1v) is 10.8. The molecule has 1 aliphatic rings. The second kappa shape index (κ2) is 10.6. The summed E-state index contributed by atoms with van der Waals surface area (Å²) in [7, 11) is 0. The number of allylic oxidation sites excluding steroid dienone is 1. The van der Waals surface area contributed by atoms with Crippen LogP contribution < -0.4 is 10.6 Å². The molecule has 32 heavy (non-hydrogen) atoms. The number of hydrogen-bond donors (Lipinski definition) is 2. The molecule has 9 heteroatoms. The van der Waals surface area contributed by atoms with Crippen molar-refractivity contribution in [3.05, 3.63) is 76.6 Å². The van der Waals surface area contributed by atoms with Crippen LogP contribution in [0.4, 0.5) is 10.1 Å². The van der Waals surface area contributed by atoms with E-state index in [1.54, 1.807) is 37.3 Å². The van der Waals surface area contributed by atoms with E-state index in [1.807, 2.05) is 12.1 Å². The van der Waals surface area contributed by atoms with E-state index in [9.17, 15) is 24.0 Å². The Hall–Kier alpha value is -3.64. The monoisotopic (exact) mass is 453 g/mol. The smallest absolute Gasteiger partial charge is 0.319 e. The van der Waals surface area contributed by atoms with Crippen LogP contribution in [0.1, 0.15) is 18.4 Å². The van der Waals surface area contributed by atoms with Gasteiger partial charge in [0.15, 0.2) is 0 Å². The van der Waals surface area contributed by atoms with Gasteiger partial charge in [0, 0.05) is 11.6 Å². The number of thioether (sulfide) groups is 1. The van der Waals surface area contributed by atoms with Gasteiger partial charge in [0.25, 0.3) is 0 Å². The van der Waals surface area contributed by atoms with Crippen LogP contribution in [0.25, 0.3) is 0 Å². The quantitative estimate of drug-likeness (QED) is 0.492. The number of para-hydroxylation sites is 1. The van der Waals surface area contributed by atoms with Crippen molar-refractivity contribution in [2.45, 2.75) is 12.8 Å². The van der Waals surface area contributed by atoms with Crippen molar-refractivity contribution in [3.8, 4) is 6.07 Å². The van der Waals surface area contributed by atoms with Gasteiger partial charge < -0.3 is 15.4 Å². The van der Waals surface area contributed by atoms with Crippen molar-refractivity contribution in [1.29, 1.82) is 5.26 Å². The minimum absolute atomic E-state index is 0.00901. The fourth-order valence-electron chi connectivity index (χ4n) is 3.34. The topological polar surface area (TPSA) is 108 Å². The Kier molecular flexibility index (Phi) is 7.63. The molecule has 0 radical (unpaired) electrons. The molecule has 0 aliphatic carbocycles. The molecular formula is C23H20FN3O4S. The number of carbonyl (C=O) groups excluding carboxylic acids is 3. The lowest BCUT2D eigenvalue weighted by Crippen LogP contribution is -2.44. The summed E-state index contributed by atoms with van der Waals surface area (Å²) < 4.78 is 19.6. The summed E-state index contributed by atoms with van der Waals surface area (Å²) >= 11 is 0.931. The number of rotatable bonds is 7. The van der Waals surface area contributed by atoms with Crippen LogP contribution in [-0.2, 0) is 19.1 Å². The van der Waals surface area contributed by atoms with Crippen LogP contribution in [0.15, 0.2) is 65.2 Å². The number of nitrogens with one attached hydrogen (secondary N) is 2. The third-order valence-corrected chi connectivity index (χ3v) is 5.73. The van der Waals surface area contributed by atoms with Crippen LogP contribution >= 0.6 is 11.8 Å². The van der Waals surface area contributed by atoms with Crippen molar-refractivity contribution in [3.63, 3.8) is 0 Å². The molecule has 0 saturated carbocycles. The molecule has 2 aromatic rings. The number of carbonyl (C=O) groups is 3. The Balaban J connectivity index is 1.92. The molecule has 2 amide bonds. The first-order valence-electron chi connectivity index (χ1n) is 9.80. The van der Waals surface area contributed by atoms with E-state index in [0.717, 1.165) is 11.8 Å². The van der Waals surface area contributed by atoms with Crippen LogP contribution in [0, 0.1) is 23.1 Å². The van der Waals surface area contributed by atoms with Crippen molar-refractivity contribution < 1.29 is 23.5 Å². The lowest BCUT2D eigenvalue weighted by atomic mass is 9.78. The molecule has 0 fully saturated rings. The molecule has 3 rings (SSSR count). The molecule has 0 spiro atoms. The number of nitrogens with zero attached hydrogens (tertiary/aromatic N) is 1. The Morgan fingerprint density at radius 3 is 2.53 bits per heavy atom. The molecule has 0 aromatic heterocycles. The van der Waals surface area contributed by atoms with E-state index < -0.39 is 29.5 Å². The summed E-state index contributed by atoms with van der Waals surface area (Å²) in [4.78, 5) is 37.7. The van der Waals surface area contributed by atoms with E-state index in [0.29, 0.717) is 5.69 Å². The lowest BCUT2D eigenvalue weighted by molar-refractivity contribution is -0.152. The summed E-state index contributed by atoms with van der Waals surface area (Å²) in [5.74, 6) is -5.28. The fourth-order valence-corrected chi connectivity index (χ4v) is 4.19. The van der Waals surface area contributed by atoms with Gasteiger partial charge in [-0.3, -0.25) is 14.4 Å². The fraction of sp³-hybridized carbons (Fsp3) is 0.217. The average molecular weight is 453 g/mol. The number of anilines is 1. The van der Waals surface area contributed by atoms with Crippen molar-refractivity contribution >= 4 is 35.2 Å². The number of benzene rings is 2. The minimum Gasteiger partial charge on any atom is -0.465 e. The second-order valence-corrected chi connectivity index (χ2v) is 7.76. The number of hydrogen-bond acceptors (Lipinski definition) is 6. The van der Waals surface area contributed by atoms with E-state index in [2.05, 4.69) is 10.6 Å². The van der Waals surface area contributed by atoms with Gasteiger partial charge >= 0.3 is 5.97 Å². The predicted octanol–water partition coefficient (Wildman–Crippen LogP) is 3.33. The van der Waals surface area contributed by atoms with Gasteiger partial charge in [0.05, 0.1) is 29.0 Å². The van der Waals surface area contributed by atoms with Crippen LogP contribution in [0.5, 0.6) is 0 Å². The normalized spacial score (nSPS) is 17.8. The molecular weight excluding hydrogens is 433 g/mol. The van der Waals surface area contributed by atoms with Crippen LogP contribution in [-0.4, -0.2) is 30.1 Å². The Morgan fingerprint density at radius 1 is 1.19 bits per heavy atom. The molecule has 7 nitrogen and oxygen atoms in total. The van der Waals surface area contributed by atoms with Gasteiger partial charge in [-0.05, 0) is 30.7 Å². The van der Waals surface area contributed by atoms with Crippen molar-refractivity contribution in [2.75, 3.05) is 17.7 Å². The summed E-state index contributed by atoms with van der Waals surface area (Å²) in [5, 5.41) is 15.2. The average Bonchev–Trinajstić information content (AvgIpc) is 2.78. The maximum atomic E-state index is 14.6. The number of nitriles is 1. The molecule has 164 valence electrons. The highest BCUT2D eigenvalue weighted by atomic mass is 32.2. The number of amides is 2. The number of halogens is 1. The molecule has 2 N–H and O–H groups in total. The van der Waals surface area contributed by atoms with E-state index in [4.69, 9.17) is 4.74 Å². The maximum absolute atomic E-state index is 14.6. The van der Waals surface area contributed by atoms with Crippen LogP contribution in [0.3, 0.4) is 0 Å². The summed E-state index contributed by atoms with van der Waals surface area (Å²) in [6.45, 7) is 1.61. The zero-order valence-corrected chi connectivity index (χ0v) is 17.9. The van der Waals surface area contributed by atoms with Crippen molar-refractivity contribution in [2.24, 2.45) is 5.92 Å². The third kappa shape index (κ3) is 5.15.